The summed E-state index contributed by atoms with van der Waals surface area (Å²) in [5.74, 6) is 0.831. The molecule has 4 nitrogen and oxygen atoms in total. The fraction of sp³-hybridized carbons (Fsp3) is 0.273. The van der Waals surface area contributed by atoms with Crippen LogP contribution in [0.1, 0.15) is 24.4 Å². The molecule has 0 spiro atoms. The third-order valence-corrected chi connectivity index (χ3v) is 2.21. The molecule has 0 fully saturated rings. The average molecular weight is 203 g/mol. The third-order valence-electron chi connectivity index (χ3n) is 2.21. The molecule has 2 aromatic rings. The van der Waals surface area contributed by atoms with Crippen molar-refractivity contribution in [2.24, 2.45) is 0 Å². The maximum absolute atomic E-state index is 4.99. The van der Waals surface area contributed by atoms with E-state index in [1.807, 2.05) is 24.3 Å². The van der Waals surface area contributed by atoms with Crippen molar-refractivity contribution < 1.29 is 4.52 Å². The van der Waals surface area contributed by atoms with Gasteiger partial charge in [-0.2, -0.15) is 0 Å². The number of nitrogens with zero attached hydrogens (tertiary/aromatic N) is 2. The van der Waals surface area contributed by atoms with Gasteiger partial charge in [0.15, 0.2) is 0 Å². The van der Waals surface area contributed by atoms with Crippen LogP contribution >= 0.6 is 0 Å². The zero-order valence-electron chi connectivity index (χ0n) is 8.55. The number of aromatic nitrogens is 2. The number of hydrogen-bond donors (Lipinski definition) is 1. The standard InChI is InChI=1S/C11H13N3O/c1-9(11-4-2-3-6-12-11)13-8-10-5-7-14-15-10/h2-7,9,13H,8H2,1H3. The molecule has 15 heavy (non-hydrogen) atoms. The minimum Gasteiger partial charge on any atom is -0.360 e. The molecule has 2 heterocycles. The van der Waals surface area contributed by atoms with E-state index in [2.05, 4.69) is 22.4 Å². The van der Waals surface area contributed by atoms with E-state index in [-0.39, 0.29) is 6.04 Å². The molecule has 0 aliphatic carbocycles. The van der Waals surface area contributed by atoms with Gasteiger partial charge in [-0.15, -0.1) is 0 Å². The summed E-state index contributed by atoms with van der Waals surface area (Å²) in [6, 6.07) is 7.94. The molecule has 0 saturated heterocycles. The zero-order chi connectivity index (χ0) is 10.5. The summed E-state index contributed by atoms with van der Waals surface area (Å²) in [5.41, 5.74) is 1.03. The molecular formula is C11H13N3O. The van der Waals surface area contributed by atoms with E-state index in [4.69, 9.17) is 4.52 Å². The summed E-state index contributed by atoms with van der Waals surface area (Å²) >= 11 is 0. The van der Waals surface area contributed by atoms with Crippen LogP contribution in [0.2, 0.25) is 0 Å². The fourth-order valence-corrected chi connectivity index (χ4v) is 1.32. The molecule has 1 atom stereocenters. The Balaban J connectivity index is 1.90. The minimum atomic E-state index is 0.205. The number of pyridine rings is 1. The highest BCUT2D eigenvalue weighted by molar-refractivity contribution is 5.07. The van der Waals surface area contributed by atoms with E-state index in [1.54, 1.807) is 12.4 Å². The Kier molecular flexibility index (Phi) is 3.09. The predicted octanol–water partition coefficient (Wildman–Crippen LogP) is 1.92. The van der Waals surface area contributed by atoms with Crippen molar-refractivity contribution in [1.82, 2.24) is 15.5 Å². The summed E-state index contributed by atoms with van der Waals surface area (Å²) in [7, 11) is 0. The SMILES string of the molecule is CC(NCc1ccno1)c1ccccn1. The molecule has 2 aromatic heterocycles. The van der Waals surface area contributed by atoms with Crippen molar-refractivity contribution in [3.63, 3.8) is 0 Å². The van der Waals surface area contributed by atoms with Crippen molar-refractivity contribution in [2.75, 3.05) is 0 Å². The smallest absolute Gasteiger partial charge is 0.150 e. The van der Waals surface area contributed by atoms with E-state index >= 15 is 0 Å². The van der Waals surface area contributed by atoms with Gasteiger partial charge in [-0.3, -0.25) is 4.98 Å². The van der Waals surface area contributed by atoms with Crippen LogP contribution in [0, 0.1) is 0 Å². The highest BCUT2D eigenvalue weighted by Gasteiger charge is 2.06. The van der Waals surface area contributed by atoms with Gasteiger partial charge in [-0.1, -0.05) is 11.2 Å². The lowest BCUT2D eigenvalue weighted by Gasteiger charge is -2.11. The predicted molar refractivity (Wildman–Crippen MR) is 56.0 cm³/mol. The van der Waals surface area contributed by atoms with Crippen molar-refractivity contribution in [2.45, 2.75) is 19.5 Å². The first kappa shape index (κ1) is 9.86. The number of rotatable bonds is 4. The van der Waals surface area contributed by atoms with Crippen LogP contribution in [-0.2, 0) is 6.54 Å². The third kappa shape index (κ3) is 2.63. The van der Waals surface area contributed by atoms with Gasteiger partial charge in [0.1, 0.15) is 5.76 Å². The monoisotopic (exact) mass is 203 g/mol. The summed E-state index contributed by atoms with van der Waals surface area (Å²) in [6.45, 7) is 2.73. The lowest BCUT2D eigenvalue weighted by molar-refractivity contribution is 0.365. The van der Waals surface area contributed by atoms with Crippen molar-refractivity contribution in [1.29, 1.82) is 0 Å². The van der Waals surface area contributed by atoms with E-state index in [0.717, 1.165) is 11.5 Å². The molecule has 0 aliphatic rings. The average Bonchev–Trinajstić information content (AvgIpc) is 2.80. The van der Waals surface area contributed by atoms with Crippen LogP contribution in [0.15, 0.2) is 41.2 Å². The van der Waals surface area contributed by atoms with Crippen LogP contribution in [0.3, 0.4) is 0 Å². The second kappa shape index (κ2) is 4.70. The molecule has 4 heteroatoms. The van der Waals surface area contributed by atoms with Crippen molar-refractivity contribution >= 4 is 0 Å². The Labute approximate surface area is 88.3 Å². The van der Waals surface area contributed by atoms with Gasteiger partial charge in [0.05, 0.1) is 18.4 Å². The summed E-state index contributed by atoms with van der Waals surface area (Å²) < 4.78 is 4.99. The summed E-state index contributed by atoms with van der Waals surface area (Å²) in [6.07, 6.45) is 3.43. The molecule has 0 bridgehead atoms. The highest BCUT2D eigenvalue weighted by atomic mass is 16.5. The zero-order valence-corrected chi connectivity index (χ0v) is 8.55. The molecule has 0 amide bonds. The molecular weight excluding hydrogens is 190 g/mol. The number of nitrogens with one attached hydrogen (secondary N) is 1. The lowest BCUT2D eigenvalue weighted by atomic mass is 10.2. The quantitative estimate of drug-likeness (QED) is 0.824. The Morgan fingerprint density at radius 3 is 2.93 bits per heavy atom. The van der Waals surface area contributed by atoms with E-state index in [1.165, 1.54) is 0 Å². The lowest BCUT2D eigenvalue weighted by Crippen LogP contribution is -2.18. The van der Waals surface area contributed by atoms with Gasteiger partial charge >= 0.3 is 0 Å². The molecule has 1 N–H and O–H groups in total. The maximum Gasteiger partial charge on any atom is 0.150 e. The van der Waals surface area contributed by atoms with Crippen LogP contribution in [0.4, 0.5) is 0 Å². The van der Waals surface area contributed by atoms with Gasteiger partial charge in [-0.25, -0.2) is 0 Å². The molecule has 1 unspecified atom stereocenters. The molecule has 0 radical (unpaired) electrons. The van der Waals surface area contributed by atoms with Crippen LogP contribution in [-0.4, -0.2) is 10.1 Å². The Morgan fingerprint density at radius 2 is 2.27 bits per heavy atom. The topological polar surface area (TPSA) is 51.0 Å². The fourth-order valence-electron chi connectivity index (χ4n) is 1.32. The molecule has 0 aliphatic heterocycles. The van der Waals surface area contributed by atoms with Crippen LogP contribution < -0.4 is 5.32 Å². The summed E-state index contributed by atoms with van der Waals surface area (Å²) in [4.78, 5) is 4.27. The van der Waals surface area contributed by atoms with E-state index < -0.39 is 0 Å². The van der Waals surface area contributed by atoms with Crippen LogP contribution in [0.5, 0.6) is 0 Å². The molecule has 0 aromatic carbocycles. The van der Waals surface area contributed by atoms with Gasteiger partial charge in [0, 0.05) is 18.3 Å². The van der Waals surface area contributed by atoms with Crippen molar-refractivity contribution in [3.05, 3.63) is 48.1 Å². The second-order valence-corrected chi connectivity index (χ2v) is 3.34. The second-order valence-electron chi connectivity index (χ2n) is 3.34. The first-order chi connectivity index (χ1) is 7.36. The molecule has 0 saturated carbocycles. The van der Waals surface area contributed by atoms with Crippen LogP contribution in [0.25, 0.3) is 0 Å². The van der Waals surface area contributed by atoms with Gasteiger partial charge in [-0.05, 0) is 19.1 Å². The van der Waals surface area contributed by atoms with Crippen molar-refractivity contribution in [3.8, 4) is 0 Å². The van der Waals surface area contributed by atoms with Gasteiger partial charge < -0.3 is 9.84 Å². The maximum atomic E-state index is 4.99. The van der Waals surface area contributed by atoms with E-state index in [0.29, 0.717) is 6.54 Å². The van der Waals surface area contributed by atoms with E-state index in [9.17, 15) is 0 Å². The number of hydrogen-bond acceptors (Lipinski definition) is 4. The highest BCUT2D eigenvalue weighted by Crippen LogP contribution is 2.08. The Bertz CT molecular complexity index is 385. The first-order valence-electron chi connectivity index (χ1n) is 4.90. The normalized spacial score (nSPS) is 12.6. The summed E-state index contributed by atoms with van der Waals surface area (Å²) in [5, 5.41) is 6.95. The van der Waals surface area contributed by atoms with Gasteiger partial charge in [0.25, 0.3) is 0 Å². The largest absolute Gasteiger partial charge is 0.360 e. The molecule has 2 rings (SSSR count). The molecule has 78 valence electrons. The van der Waals surface area contributed by atoms with Gasteiger partial charge in [0.2, 0.25) is 0 Å². The minimum absolute atomic E-state index is 0.205. The first-order valence-corrected chi connectivity index (χ1v) is 4.90. The Morgan fingerprint density at radius 1 is 1.33 bits per heavy atom. The Hall–Kier alpha value is -1.68.